The first-order chi connectivity index (χ1) is 19.4. The lowest BCUT2D eigenvalue weighted by atomic mass is 9.77. The van der Waals surface area contributed by atoms with Gasteiger partial charge in [-0.2, -0.15) is 0 Å². The van der Waals surface area contributed by atoms with E-state index in [2.05, 4.69) is 5.32 Å². The fourth-order valence-corrected chi connectivity index (χ4v) is 6.27. The number of hydrogen-bond acceptors (Lipinski definition) is 7. The highest BCUT2D eigenvalue weighted by molar-refractivity contribution is 6.30. The van der Waals surface area contributed by atoms with Crippen LogP contribution in [0.5, 0.6) is 11.5 Å². The average molecular weight is 571 g/mol. The highest BCUT2D eigenvalue weighted by atomic mass is 35.5. The summed E-state index contributed by atoms with van der Waals surface area (Å²) in [6.07, 6.45) is 3.12. The normalized spacial score (nSPS) is 23.6. The highest BCUT2D eigenvalue weighted by Crippen LogP contribution is 2.51. The van der Waals surface area contributed by atoms with Gasteiger partial charge < -0.3 is 35.0 Å². The summed E-state index contributed by atoms with van der Waals surface area (Å²) < 4.78 is 11.8. The van der Waals surface area contributed by atoms with Crippen LogP contribution < -0.4 is 14.8 Å². The zero-order valence-electron chi connectivity index (χ0n) is 22.4. The number of hydrogen-bond donors (Lipinski definition) is 4. The van der Waals surface area contributed by atoms with Gasteiger partial charge >= 0.3 is 0 Å². The minimum atomic E-state index is -1.16. The topological polar surface area (TPSA) is 129 Å². The third-order valence-electron chi connectivity index (χ3n) is 8.11. The molecule has 0 saturated heterocycles. The summed E-state index contributed by atoms with van der Waals surface area (Å²) in [6.45, 7) is -0.215. The van der Waals surface area contributed by atoms with E-state index < -0.39 is 30.1 Å². The molecule has 2 aliphatic carbocycles. The predicted molar refractivity (Wildman–Crippen MR) is 148 cm³/mol. The van der Waals surface area contributed by atoms with Crippen LogP contribution in [0.1, 0.15) is 48.3 Å². The Morgan fingerprint density at radius 2 is 1.85 bits per heavy atom. The van der Waals surface area contributed by atoms with E-state index in [1.165, 1.54) is 7.11 Å². The molecule has 5 rings (SSSR count). The Kier molecular flexibility index (Phi) is 8.65. The number of aliphatic hydroxyl groups excluding tert-OH is 3. The molecule has 1 fully saturated rings. The standard InChI is InChI=1S/C30H35ClN2O7/c1-39-24-13-18(16-35)12-21-25-22(29(37)32-10-11-34)14-23(26(36)28(25)40-27(21)24)33(30(38)19-4-2-3-5-19)15-17-6-8-20(31)9-7-17/h6-9,12-14,19,23,25-26,28,34-36H,2-5,10-11,15-16H2,1H3,(H,32,37)/t23-,25+,26+,28+/m1/s1. The fourth-order valence-electron chi connectivity index (χ4n) is 6.14. The third kappa shape index (κ3) is 5.43. The van der Waals surface area contributed by atoms with Crippen molar-refractivity contribution in [1.82, 2.24) is 10.2 Å². The number of amides is 2. The third-order valence-corrected chi connectivity index (χ3v) is 8.36. The Hall–Kier alpha value is -3.11. The number of aliphatic hydroxyl groups is 3. The molecule has 2 amide bonds. The van der Waals surface area contributed by atoms with E-state index in [1.807, 2.05) is 12.1 Å². The van der Waals surface area contributed by atoms with Gasteiger partial charge in [0.1, 0.15) is 12.2 Å². The molecule has 2 aromatic carbocycles. The molecule has 0 spiro atoms. The number of fused-ring (bicyclic) bond motifs is 3. The molecular weight excluding hydrogens is 536 g/mol. The largest absolute Gasteiger partial charge is 0.493 e. The zero-order valence-corrected chi connectivity index (χ0v) is 23.1. The van der Waals surface area contributed by atoms with Gasteiger partial charge in [0, 0.05) is 35.2 Å². The van der Waals surface area contributed by atoms with Crippen molar-refractivity contribution in [3.63, 3.8) is 0 Å². The van der Waals surface area contributed by atoms with Gasteiger partial charge in [-0.3, -0.25) is 9.59 Å². The van der Waals surface area contributed by atoms with E-state index in [0.29, 0.717) is 33.2 Å². The average Bonchev–Trinajstić information content (AvgIpc) is 3.64. The summed E-state index contributed by atoms with van der Waals surface area (Å²) in [6, 6.07) is 9.76. The number of ether oxygens (including phenoxy) is 2. The molecule has 1 heterocycles. The summed E-state index contributed by atoms with van der Waals surface area (Å²) in [5, 5.41) is 34.3. The molecule has 1 aliphatic heterocycles. The highest BCUT2D eigenvalue weighted by Gasteiger charge is 2.52. The second-order valence-corrected chi connectivity index (χ2v) is 11.0. The van der Waals surface area contributed by atoms with Crippen molar-refractivity contribution in [2.45, 2.75) is 63.0 Å². The van der Waals surface area contributed by atoms with Crippen molar-refractivity contribution in [1.29, 1.82) is 0 Å². The maximum atomic E-state index is 13.9. The molecule has 4 N–H and O–H groups in total. The maximum Gasteiger partial charge on any atom is 0.247 e. The van der Waals surface area contributed by atoms with Gasteiger partial charge in [-0.1, -0.05) is 36.6 Å². The van der Waals surface area contributed by atoms with Gasteiger partial charge in [-0.25, -0.2) is 0 Å². The van der Waals surface area contributed by atoms with Crippen LogP contribution in [0.3, 0.4) is 0 Å². The van der Waals surface area contributed by atoms with Crippen LogP contribution in [0.15, 0.2) is 48.0 Å². The van der Waals surface area contributed by atoms with Gasteiger partial charge in [-0.05, 0) is 54.3 Å². The molecule has 2 aromatic rings. The molecule has 0 radical (unpaired) electrons. The molecule has 10 heteroatoms. The predicted octanol–water partition coefficient (Wildman–Crippen LogP) is 2.68. The van der Waals surface area contributed by atoms with Crippen LogP contribution in [0.2, 0.25) is 5.02 Å². The van der Waals surface area contributed by atoms with Crippen molar-refractivity contribution in [3.05, 3.63) is 69.8 Å². The monoisotopic (exact) mass is 570 g/mol. The SMILES string of the molecule is COc1cc(CO)cc2c1O[C@@H]1[C@@H](O)[C@H](N(Cc3ccc(Cl)cc3)C(=O)C3CCCC3)C=C(C(=O)NCCO)[C@H]21. The lowest BCUT2D eigenvalue weighted by Gasteiger charge is -2.41. The second-order valence-electron chi connectivity index (χ2n) is 10.6. The fraction of sp³-hybridized carbons (Fsp3) is 0.467. The minimum absolute atomic E-state index is 0.0456. The summed E-state index contributed by atoms with van der Waals surface area (Å²) in [7, 11) is 1.49. The number of rotatable bonds is 9. The van der Waals surface area contributed by atoms with Crippen LogP contribution in [-0.2, 0) is 22.7 Å². The molecular formula is C30H35ClN2O7. The maximum absolute atomic E-state index is 13.9. The van der Waals surface area contributed by atoms with Crippen LogP contribution in [0.4, 0.5) is 0 Å². The van der Waals surface area contributed by atoms with Crippen molar-refractivity contribution in [2.75, 3.05) is 20.3 Å². The second kappa shape index (κ2) is 12.2. The van der Waals surface area contributed by atoms with Crippen molar-refractivity contribution >= 4 is 23.4 Å². The molecule has 4 atom stereocenters. The Bertz CT molecular complexity index is 1280. The van der Waals surface area contributed by atoms with E-state index in [0.717, 1.165) is 31.2 Å². The number of carbonyl (C=O) groups excluding carboxylic acids is 2. The van der Waals surface area contributed by atoms with Gasteiger partial charge in [0.25, 0.3) is 0 Å². The quantitative estimate of drug-likeness (QED) is 0.365. The molecule has 0 bridgehead atoms. The lowest BCUT2D eigenvalue weighted by molar-refractivity contribution is -0.142. The molecule has 0 unspecified atom stereocenters. The smallest absolute Gasteiger partial charge is 0.247 e. The summed E-state index contributed by atoms with van der Waals surface area (Å²) in [4.78, 5) is 29.1. The summed E-state index contributed by atoms with van der Waals surface area (Å²) in [5.41, 5.74) is 2.36. The van der Waals surface area contributed by atoms with Gasteiger partial charge in [-0.15, -0.1) is 0 Å². The number of nitrogens with zero attached hydrogens (tertiary/aromatic N) is 1. The Morgan fingerprint density at radius 1 is 1.12 bits per heavy atom. The zero-order chi connectivity index (χ0) is 28.4. The Labute approximate surface area is 238 Å². The Balaban J connectivity index is 1.59. The molecule has 214 valence electrons. The minimum Gasteiger partial charge on any atom is -0.493 e. The lowest BCUT2D eigenvalue weighted by Crippen LogP contribution is -2.56. The Morgan fingerprint density at radius 3 is 2.50 bits per heavy atom. The molecule has 9 nitrogen and oxygen atoms in total. The van der Waals surface area contributed by atoms with Crippen LogP contribution in [-0.4, -0.2) is 70.5 Å². The summed E-state index contributed by atoms with van der Waals surface area (Å²) in [5.74, 6) is -0.551. The molecule has 40 heavy (non-hydrogen) atoms. The van der Waals surface area contributed by atoms with Crippen LogP contribution in [0, 0.1) is 5.92 Å². The van der Waals surface area contributed by atoms with Crippen molar-refractivity contribution in [2.24, 2.45) is 5.92 Å². The van der Waals surface area contributed by atoms with E-state index >= 15 is 0 Å². The number of methoxy groups -OCH3 is 1. The van der Waals surface area contributed by atoms with E-state index in [-0.39, 0.29) is 38.1 Å². The molecule has 3 aliphatic rings. The van der Waals surface area contributed by atoms with Crippen LogP contribution >= 0.6 is 11.6 Å². The van der Waals surface area contributed by atoms with E-state index in [4.69, 9.17) is 21.1 Å². The van der Waals surface area contributed by atoms with Gasteiger partial charge in [0.05, 0.1) is 32.3 Å². The van der Waals surface area contributed by atoms with Crippen molar-refractivity contribution < 1.29 is 34.4 Å². The van der Waals surface area contributed by atoms with E-state index in [9.17, 15) is 24.9 Å². The first-order valence-electron chi connectivity index (χ1n) is 13.7. The molecule has 1 saturated carbocycles. The van der Waals surface area contributed by atoms with Gasteiger partial charge in [0.2, 0.25) is 11.8 Å². The van der Waals surface area contributed by atoms with E-state index in [1.54, 1.807) is 35.2 Å². The first kappa shape index (κ1) is 28.4. The number of halogens is 1. The molecule has 0 aromatic heterocycles. The van der Waals surface area contributed by atoms with Crippen molar-refractivity contribution in [3.8, 4) is 11.5 Å². The summed E-state index contributed by atoms with van der Waals surface area (Å²) >= 11 is 6.10. The number of carbonyl (C=O) groups is 2. The first-order valence-corrected chi connectivity index (χ1v) is 14.1. The van der Waals surface area contributed by atoms with Gasteiger partial charge in [0.15, 0.2) is 11.5 Å². The number of benzene rings is 2. The number of nitrogens with one attached hydrogen (secondary N) is 1. The van der Waals surface area contributed by atoms with Crippen LogP contribution in [0.25, 0.3) is 0 Å².